The van der Waals surface area contributed by atoms with Gasteiger partial charge in [0.05, 0.1) is 16.0 Å². The monoisotopic (exact) mass is 475 g/mol. The van der Waals surface area contributed by atoms with E-state index in [4.69, 9.17) is 4.74 Å². The second kappa shape index (κ2) is 9.81. The smallest absolute Gasteiger partial charge is 0.338 e. The van der Waals surface area contributed by atoms with Crippen LogP contribution in [0.5, 0.6) is 0 Å². The van der Waals surface area contributed by atoms with E-state index in [-0.39, 0.29) is 10.5 Å². The van der Waals surface area contributed by atoms with Crippen LogP contribution in [-0.2, 0) is 32.4 Å². The number of hydrogen-bond donors (Lipinski definition) is 1. The van der Waals surface area contributed by atoms with Gasteiger partial charge in [0.25, 0.3) is 5.91 Å². The number of esters is 1. The standard InChI is InChI=1S/C22H25N3O5S2/c1-14-9-10-15(32(28,29)25(2)3)11-17(14)22(27)30-13-20(26)24-21-18(12-23)16-7-5-4-6-8-19(16)31-21/h9-11H,4-8,13H2,1-3H3,(H,24,26). The van der Waals surface area contributed by atoms with Gasteiger partial charge >= 0.3 is 5.97 Å². The summed E-state index contributed by atoms with van der Waals surface area (Å²) in [5.41, 5.74) is 2.10. The van der Waals surface area contributed by atoms with E-state index in [2.05, 4.69) is 11.4 Å². The molecular weight excluding hydrogens is 450 g/mol. The summed E-state index contributed by atoms with van der Waals surface area (Å²) in [6.07, 6.45) is 4.92. The Morgan fingerprint density at radius 3 is 2.62 bits per heavy atom. The van der Waals surface area contributed by atoms with Crippen molar-refractivity contribution in [1.82, 2.24) is 4.31 Å². The summed E-state index contributed by atoms with van der Waals surface area (Å²) in [7, 11) is -0.917. The first-order valence-electron chi connectivity index (χ1n) is 10.2. The lowest BCUT2D eigenvalue weighted by Crippen LogP contribution is -2.23. The molecule has 0 unspecified atom stereocenters. The van der Waals surface area contributed by atoms with Gasteiger partial charge in [-0.1, -0.05) is 12.5 Å². The minimum absolute atomic E-state index is 0.0387. The molecule has 0 saturated carbocycles. The van der Waals surface area contributed by atoms with E-state index in [1.54, 1.807) is 6.92 Å². The highest BCUT2D eigenvalue weighted by molar-refractivity contribution is 7.89. The zero-order valence-corrected chi connectivity index (χ0v) is 19.9. The SMILES string of the molecule is Cc1ccc(S(=O)(=O)N(C)C)cc1C(=O)OCC(=O)Nc1sc2c(c1C#N)CCCCC2. The van der Waals surface area contributed by atoms with Gasteiger partial charge in [-0.05, 0) is 55.9 Å². The van der Waals surface area contributed by atoms with Gasteiger partial charge in [-0.3, -0.25) is 4.79 Å². The molecule has 0 bridgehead atoms. The number of rotatable bonds is 6. The zero-order valence-electron chi connectivity index (χ0n) is 18.2. The van der Waals surface area contributed by atoms with Crippen LogP contribution in [0.15, 0.2) is 23.1 Å². The summed E-state index contributed by atoms with van der Waals surface area (Å²) in [4.78, 5) is 26.0. The molecule has 1 heterocycles. The molecule has 1 aliphatic carbocycles. The predicted molar refractivity (Wildman–Crippen MR) is 121 cm³/mol. The van der Waals surface area contributed by atoms with Gasteiger partial charge in [-0.2, -0.15) is 5.26 Å². The molecule has 0 saturated heterocycles. The van der Waals surface area contributed by atoms with Gasteiger partial charge in [0.15, 0.2) is 6.61 Å². The van der Waals surface area contributed by atoms with Crippen LogP contribution in [0.2, 0.25) is 0 Å². The first kappa shape index (κ1) is 23.9. The third kappa shape index (κ3) is 5.01. The van der Waals surface area contributed by atoms with Crippen molar-refractivity contribution < 1.29 is 22.7 Å². The molecule has 0 aliphatic heterocycles. The van der Waals surface area contributed by atoms with Crippen LogP contribution in [0.3, 0.4) is 0 Å². The summed E-state index contributed by atoms with van der Waals surface area (Å²) in [5, 5.41) is 12.7. The van der Waals surface area contributed by atoms with E-state index in [9.17, 15) is 23.3 Å². The maximum Gasteiger partial charge on any atom is 0.338 e. The molecule has 8 nitrogen and oxygen atoms in total. The third-order valence-corrected chi connectivity index (χ3v) is 8.35. The molecule has 0 radical (unpaired) electrons. The molecule has 0 atom stereocenters. The maximum atomic E-state index is 12.5. The molecule has 170 valence electrons. The van der Waals surface area contributed by atoms with Crippen LogP contribution in [0, 0.1) is 18.3 Å². The number of carbonyl (C=O) groups excluding carboxylic acids is 2. The van der Waals surface area contributed by atoms with Crippen molar-refractivity contribution in [2.45, 2.75) is 43.9 Å². The fourth-order valence-electron chi connectivity index (χ4n) is 3.51. The summed E-state index contributed by atoms with van der Waals surface area (Å²) >= 11 is 1.40. The predicted octanol–water partition coefficient (Wildman–Crippen LogP) is 3.24. The van der Waals surface area contributed by atoms with Crippen molar-refractivity contribution in [1.29, 1.82) is 5.26 Å². The molecule has 1 aromatic heterocycles. The average Bonchev–Trinajstić information content (AvgIpc) is 2.90. The Morgan fingerprint density at radius 1 is 1.22 bits per heavy atom. The minimum Gasteiger partial charge on any atom is -0.452 e. The normalized spacial score (nSPS) is 13.7. The number of nitrogens with zero attached hydrogens (tertiary/aromatic N) is 2. The lowest BCUT2D eigenvalue weighted by Gasteiger charge is -2.13. The number of nitriles is 1. The third-order valence-electron chi connectivity index (χ3n) is 5.33. The van der Waals surface area contributed by atoms with Crippen LogP contribution in [0.1, 0.15) is 51.2 Å². The average molecular weight is 476 g/mol. The lowest BCUT2D eigenvalue weighted by molar-refractivity contribution is -0.119. The number of thiophene rings is 1. The Hall–Kier alpha value is -2.74. The van der Waals surface area contributed by atoms with Crippen LogP contribution >= 0.6 is 11.3 Å². The number of ether oxygens (including phenoxy) is 1. The van der Waals surface area contributed by atoms with E-state index in [0.29, 0.717) is 16.1 Å². The number of aryl methyl sites for hydroxylation is 2. The van der Waals surface area contributed by atoms with E-state index in [1.165, 1.54) is 43.6 Å². The molecule has 0 spiro atoms. The Kier molecular flexibility index (Phi) is 7.33. The fraction of sp³-hybridized carbons (Fsp3) is 0.409. The first-order valence-corrected chi connectivity index (χ1v) is 12.5. The highest BCUT2D eigenvalue weighted by Gasteiger charge is 2.23. The van der Waals surface area contributed by atoms with Gasteiger partial charge in [0.2, 0.25) is 10.0 Å². The Morgan fingerprint density at radius 2 is 1.94 bits per heavy atom. The highest BCUT2D eigenvalue weighted by atomic mass is 32.2. The minimum atomic E-state index is -3.72. The highest BCUT2D eigenvalue weighted by Crippen LogP contribution is 2.36. The number of sulfonamides is 1. The largest absolute Gasteiger partial charge is 0.452 e. The number of benzene rings is 1. The molecular formula is C22H25N3O5S2. The number of nitrogens with one attached hydrogen (secondary N) is 1. The second-order valence-electron chi connectivity index (χ2n) is 7.77. The maximum absolute atomic E-state index is 12.5. The summed E-state index contributed by atoms with van der Waals surface area (Å²) < 4.78 is 30.9. The zero-order chi connectivity index (χ0) is 23.5. The molecule has 1 N–H and O–H groups in total. The van der Waals surface area contributed by atoms with Gasteiger partial charge in [0.1, 0.15) is 11.1 Å². The number of fused-ring (bicyclic) bond motifs is 1. The van der Waals surface area contributed by atoms with E-state index in [0.717, 1.165) is 46.8 Å². The Balaban J connectivity index is 1.70. The van der Waals surface area contributed by atoms with Crippen LogP contribution in [0.4, 0.5) is 5.00 Å². The van der Waals surface area contributed by atoms with Crippen molar-refractivity contribution in [3.05, 3.63) is 45.3 Å². The van der Waals surface area contributed by atoms with Gasteiger partial charge < -0.3 is 10.1 Å². The van der Waals surface area contributed by atoms with Gasteiger partial charge in [0, 0.05) is 19.0 Å². The van der Waals surface area contributed by atoms with Crippen LogP contribution < -0.4 is 5.32 Å². The van der Waals surface area contributed by atoms with Gasteiger partial charge in [-0.15, -0.1) is 11.3 Å². The molecule has 32 heavy (non-hydrogen) atoms. The molecule has 1 aliphatic rings. The summed E-state index contributed by atoms with van der Waals surface area (Å²) in [5.74, 6) is -1.35. The van der Waals surface area contributed by atoms with Crippen molar-refractivity contribution in [3.8, 4) is 6.07 Å². The molecule has 10 heteroatoms. The lowest BCUT2D eigenvalue weighted by atomic mass is 10.1. The quantitative estimate of drug-likeness (QED) is 0.506. The molecule has 2 aromatic rings. The number of hydrogen-bond acceptors (Lipinski definition) is 7. The Labute approximate surface area is 191 Å². The number of carbonyl (C=O) groups is 2. The van der Waals surface area contributed by atoms with Crippen molar-refractivity contribution in [2.75, 3.05) is 26.0 Å². The molecule has 1 aromatic carbocycles. The van der Waals surface area contributed by atoms with Crippen molar-refractivity contribution in [2.24, 2.45) is 0 Å². The first-order chi connectivity index (χ1) is 15.1. The van der Waals surface area contributed by atoms with E-state index in [1.807, 2.05) is 0 Å². The molecule has 3 rings (SSSR count). The van der Waals surface area contributed by atoms with Gasteiger partial charge in [-0.25, -0.2) is 17.5 Å². The number of amides is 1. The summed E-state index contributed by atoms with van der Waals surface area (Å²) in [6.45, 7) is 1.11. The van der Waals surface area contributed by atoms with E-state index < -0.39 is 28.5 Å². The number of anilines is 1. The Bertz CT molecular complexity index is 1190. The molecule has 0 fully saturated rings. The summed E-state index contributed by atoms with van der Waals surface area (Å²) in [6, 6.07) is 6.37. The van der Waals surface area contributed by atoms with Crippen LogP contribution in [-0.4, -0.2) is 45.3 Å². The van der Waals surface area contributed by atoms with Crippen molar-refractivity contribution in [3.63, 3.8) is 0 Å². The van der Waals surface area contributed by atoms with Crippen molar-refractivity contribution >= 4 is 38.2 Å². The van der Waals surface area contributed by atoms with E-state index >= 15 is 0 Å². The fourth-order valence-corrected chi connectivity index (χ4v) is 5.70. The molecule has 1 amide bonds. The van der Waals surface area contributed by atoms with Crippen LogP contribution in [0.25, 0.3) is 0 Å². The topological polar surface area (TPSA) is 117 Å². The second-order valence-corrected chi connectivity index (χ2v) is 11.0.